The fraction of sp³-hybridized carbons (Fsp3) is 0.769. The number of hydrogen-bond donors (Lipinski definition) is 2. The highest BCUT2D eigenvalue weighted by Gasteiger charge is 2.48. The molecular weight excluding hydrogens is 278 g/mol. The van der Waals surface area contributed by atoms with Crippen LogP contribution in [-0.4, -0.2) is 71.3 Å². The highest BCUT2D eigenvalue weighted by molar-refractivity contribution is 5.87. The van der Waals surface area contributed by atoms with Crippen molar-refractivity contribution in [2.24, 2.45) is 0 Å². The summed E-state index contributed by atoms with van der Waals surface area (Å²) in [7, 11) is 3.18. The van der Waals surface area contributed by atoms with E-state index in [2.05, 4.69) is 5.32 Å². The maximum atomic E-state index is 11.9. The lowest BCUT2D eigenvalue weighted by Gasteiger charge is -2.28. The number of amides is 3. The van der Waals surface area contributed by atoms with E-state index >= 15 is 0 Å². The minimum Gasteiger partial charge on any atom is -0.479 e. The quantitative estimate of drug-likeness (QED) is 0.783. The van der Waals surface area contributed by atoms with Gasteiger partial charge in [-0.25, -0.2) is 14.4 Å². The van der Waals surface area contributed by atoms with Gasteiger partial charge in [-0.15, -0.1) is 0 Å². The zero-order valence-corrected chi connectivity index (χ0v) is 13.1. The summed E-state index contributed by atoms with van der Waals surface area (Å²) in [6.45, 7) is 5.25. The number of likely N-dealkylation sites (tertiary alicyclic amines) is 1. The minimum atomic E-state index is -1.51. The van der Waals surface area contributed by atoms with Gasteiger partial charge < -0.3 is 25.0 Å². The fourth-order valence-corrected chi connectivity index (χ4v) is 2.08. The summed E-state index contributed by atoms with van der Waals surface area (Å²) in [6.07, 6.45) is -0.662. The number of carbonyl (C=O) groups excluding carboxylic acids is 2. The Labute approximate surface area is 124 Å². The number of carboxylic acid groups (broad SMARTS) is 1. The molecule has 2 N–H and O–H groups in total. The van der Waals surface area contributed by atoms with E-state index in [1.807, 2.05) is 0 Å². The van der Waals surface area contributed by atoms with Crippen LogP contribution in [0, 0.1) is 0 Å². The number of aliphatic carboxylic acids is 1. The molecule has 21 heavy (non-hydrogen) atoms. The summed E-state index contributed by atoms with van der Waals surface area (Å²) < 4.78 is 5.09. The molecule has 1 saturated heterocycles. The monoisotopic (exact) mass is 301 g/mol. The normalized spacial score (nSPS) is 21.9. The average Bonchev–Trinajstić information content (AvgIpc) is 2.70. The SMILES string of the molecule is CN(C)C(=O)N1CCC(NC(=O)OC(C)(C)C)(C(=O)O)C1. The third-order valence-electron chi connectivity index (χ3n) is 3.07. The van der Waals surface area contributed by atoms with Gasteiger partial charge in [0.05, 0.1) is 6.54 Å². The molecule has 0 aromatic carbocycles. The molecule has 0 spiro atoms. The largest absolute Gasteiger partial charge is 0.479 e. The summed E-state index contributed by atoms with van der Waals surface area (Å²) in [6, 6.07) is -0.288. The zero-order valence-electron chi connectivity index (χ0n) is 13.1. The van der Waals surface area contributed by atoms with Crippen LogP contribution in [0.5, 0.6) is 0 Å². The Morgan fingerprint density at radius 3 is 2.29 bits per heavy atom. The molecule has 120 valence electrons. The van der Waals surface area contributed by atoms with Gasteiger partial charge in [0.1, 0.15) is 5.60 Å². The van der Waals surface area contributed by atoms with E-state index in [4.69, 9.17) is 4.74 Å². The molecule has 1 atom stereocenters. The molecule has 8 nitrogen and oxygen atoms in total. The summed E-state index contributed by atoms with van der Waals surface area (Å²) in [5.41, 5.74) is -2.23. The zero-order chi connectivity index (χ0) is 16.4. The molecule has 1 heterocycles. The maximum Gasteiger partial charge on any atom is 0.408 e. The number of rotatable bonds is 2. The van der Waals surface area contributed by atoms with E-state index in [1.54, 1.807) is 34.9 Å². The lowest BCUT2D eigenvalue weighted by molar-refractivity contribution is -0.144. The van der Waals surface area contributed by atoms with E-state index < -0.39 is 23.2 Å². The first-order chi connectivity index (χ1) is 9.47. The molecule has 0 aromatic rings. The molecule has 1 aliphatic rings. The molecule has 0 radical (unpaired) electrons. The number of carbonyl (C=O) groups is 3. The van der Waals surface area contributed by atoms with E-state index in [-0.39, 0.29) is 25.5 Å². The third kappa shape index (κ3) is 4.24. The van der Waals surface area contributed by atoms with Gasteiger partial charge >= 0.3 is 18.1 Å². The van der Waals surface area contributed by atoms with Crippen LogP contribution in [0.1, 0.15) is 27.2 Å². The Hall–Kier alpha value is -1.99. The average molecular weight is 301 g/mol. The van der Waals surface area contributed by atoms with Crippen LogP contribution < -0.4 is 5.32 Å². The van der Waals surface area contributed by atoms with Crippen molar-refractivity contribution in [3.63, 3.8) is 0 Å². The summed E-state index contributed by atoms with van der Waals surface area (Å²) in [5.74, 6) is -1.18. The smallest absolute Gasteiger partial charge is 0.408 e. The molecular formula is C13H23N3O5. The lowest BCUT2D eigenvalue weighted by Crippen LogP contribution is -2.57. The molecule has 0 saturated carbocycles. The maximum absolute atomic E-state index is 11.9. The third-order valence-corrected chi connectivity index (χ3v) is 3.07. The van der Waals surface area contributed by atoms with E-state index in [0.717, 1.165) is 0 Å². The van der Waals surface area contributed by atoms with Crippen molar-refractivity contribution in [1.29, 1.82) is 0 Å². The second-order valence-corrected chi connectivity index (χ2v) is 6.36. The topological polar surface area (TPSA) is 99.2 Å². The first-order valence-corrected chi connectivity index (χ1v) is 6.68. The molecule has 0 bridgehead atoms. The first-order valence-electron chi connectivity index (χ1n) is 6.68. The van der Waals surface area contributed by atoms with E-state index in [1.165, 1.54) is 9.80 Å². The number of alkyl carbamates (subject to hydrolysis) is 1. The number of hydrogen-bond acceptors (Lipinski definition) is 4. The molecule has 1 fully saturated rings. The van der Waals surface area contributed by atoms with E-state index in [9.17, 15) is 19.5 Å². The summed E-state index contributed by atoms with van der Waals surface area (Å²) >= 11 is 0. The van der Waals surface area contributed by atoms with Crippen LogP contribution >= 0.6 is 0 Å². The molecule has 1 unspecified atom stereocenters. The summed E-state index contributed by atoms with van der Waals surface area (Å²) in [5, 5.41) is 11.8. The molecule has 3 amide bonds. The number of ether oxygens (including phenoxy) is 1. The second-order valence-electron chi connectivity index (χ2n) is 6.36. The molecule has 0 aromatic heterocycles. The van der Waals surface area contributed by atoms with Crippen molar-refractivity contribution in [2.75, 3.05) is 27.2 Å². The van der Waals surface area contributed by atoms with Crippen molar-refractivity contribution in [3.05, 3.63) is 0 Å². The molecule has 0 aliphatic carbocycles. The van der Waals surface area contributed by atoms with Gasteiger partial charge in [0.2, 0.25) is 0 Å². The first kappa shape index (κ1) is 17.1. The minimum absolute atomic E-state index is 0.0847. The van der Waals surface area contributed by atoms with Crippen LogP contribution in [0.25, 0.3) is 0 Å². The Morgan fingerprint density at radius 1 is 1.29 bits per heavy atom. The number of carboxylic acids is 1. The van der Waals surface area contributed by atoms with Gasteiger partial charge in [0.15, 0.2) is 5.54 Å². The predicted octanol–water partition coefficient (Wildman–Crippen LogP) is 0.722. The van der Waals surface area contributed by atoms with Crippen molar-refractivity contribution in [3.8, 4) is 0 Å². The number of urea groups is 1. The van der Waals surface area contributed by atoms with Crippen molar-refractivity contribution < 1.29 is 24.2 Å². The van der Waals surface area contributed by atoms with Crippen LogP contribution in [0.2, 0.25) is 0 Å². The number of nitrogens with one attached hydrogen (secondary N) is 1. The van der Waals surface area contributed by atoms with Gasteiger partial charge in [-0.05, 0) is 20.8 Å². The van der Waals surface area contributed by atoms with Crippen LogP contribution in [0.4, 0.5) is 9.59 Å². The fourth-order valence-electron chi connectivity index (χ4n) is 2.08. The lowest BCUT2D eigenvalue weighted by atomic mass is 9.99. The van der Waals surface area contributed by atoms with Gasteiger partial charge in [-0.2, -0.15) is 0 Å². The highest BCUT2D eigenvalue weighted by Crippen LogP contribution is 2.23. The molecule has 8 heteroatoms. The van der Waals surface area contributed by atoms with Gasteiger partial charge in [-0.3, -0.25) is 0 Å². The van der Waals surface area contributed by atoms with Crippen molar-refractivity contribution >= 4 is 18.1 Å². The van der Waals surface area contributed by atoms with Crippen LogP contribution in [0.15, 0.2) is 0 Å². The van der Waals surface area contributed by atoms with E-state index in [0.29, 0.717) is 0 Å². The van der Waals surface area contributed by atoms with Crippen LogP contribution in [0.3, 0.4) is 0 Å². The standard InChI is InChI=1S/C13H23N3O5/c1-12(2,3)21-10(19)14-13(9(17)18)6-7-16(8-13)11(20)15(4)5/h6-8H2,1-5H3,(H,14,19)(H,17,18). The Morgan fingerprint density at radius 2 is 1.86 bits per heavy atom. The number of nitrogens with zero attached hydrogens (tertiary/aromatic N) is 2. The Kier molecular flexibility index (Phi) is 4.70. The van der Waals surface area contributed by atoms with Gasteiger partial charge in [0.25, 0.3) is 0 Å². The van der Waals surface area contributed by atoms with Gasteiger partial charge in [0, 0.05) is 27.1 Å². The Bertz CT molecular complexity index is 444. The highest BCUT2D eigenvalue weighted by atomic mass is 16.6. The second kappa shape index (κ2) is 5.79. The van der Waals surface area contributed by atoms with Crippen molar-refractivity contribution in [2.45, 2.75) is 38.3 Å². The summed E-state index contributed by atoms with van der Waals surface area (Å²) in [4.78, 5) is 38.0. The van der Waals surface area contributed by atoms with Crippen LogP contribution in [-0.2, 0) is 9.53 Å². The van der Waals surface area contributed by atoms with Crippen molar-refractivity contribution in [1.82, 2.24) is 15.1 Å². The Balaban J connectivity index is 2.81. The van der Waals surface area contributed by atoms with Gasteiger partial charge in [-0.1, -0.05) is 0 Å². The predicted molar refractivity (Wildman–Crippen MR) is 75.0 cm³/mol. The molecule has 1 aliphatic heterocycles. The molecule has 1 rings (SSSR count).